The molecule has 1 aromatic carbocycles. The summed E-state index contributed by atoms with van der Waals surface area (Å²) in [6.07, 6.45) is -0.0157. The van der Waals surface area contributed by atoms with Crippen molar-refractivity contribution in [1.29, 1.82) is 0 Å². The van der Waals surface area contributed by atoms with Crippen LogP contribution in [0.5, 0.6) is 0 Å². The minimum absolute atomic E-state index is 0.141. The lowest BCUT2D eigenvalue weighted by Gasteiger charge is -2.15. The summed E-state index contributed by atoms with van der Waals surface area (Å²) in [7, 11) is 0. The van der Waals surface area contributed by atoms with Crippen molar-refractivity contribution in [1.82, 2.24) is 5.32 Å². The average molecular weight is 238 g/mol. The predicted molar refractivity (Wildman–Crippen MR) is 64.3 cm³/mol. The Morgan fingerprint density at radius 2 is 2.12 bits per heavy atom. The van der Waals surface area contributed by atoms with Gasteiger partial charge in [0.25, 0.3) is 0 Å². The molecule has 0 spiro atoms. The van der Waals surface area contributed by atoms with Gasteiger partial charge in [-0.1, -0.05) is 30.3 Å². The molecule has 17 heavy (non-hydrogen) atoms. The maximum Gasteiger partial charge on any atom is 0.407 e. The summed E-state index contributed by atoms with van der Waals surface area (Å²) in [5.41, 5.74) is 6.26. The lowest BCUT2D eigenvalue weighted by atomic mass is 10.2. The van der Waals surface area contributed by atoms with Gasteiger partial charge < -0.3 is 20.9 Å². The molecule has 0 fully saturated rings. The third-order valence-corrected chi connectivity index (χ3v) is 2.27. The first-order valence-corrected chi connectivity index (χ1v) is 5.54. The molecule has 5 heteroatoms. The van der Waals surface area contributed by atoms with E-state index in [0.717, 1.165) is 5.56 Å². The van der Waals surface area contributed by atoms with Gasteiger partial charge in [0.1, 0.15) is 6.61 Å². The molecule has 0 aromatic heterocycles. The van der Waals surface area contributed by atoms with Gasteiger partial charge in [0.2, 0.25) is 0 Å². The van der Waals surface area contributed by atoms with Gasteiger partial charge in [-0.15, -0.1) is 0 Å². The van der Waals surface area contributed by atoms with Gasteiger partial charge in [0.05, 0.1) is 12.6 Å². The first kappa shape index (κ1) is 13.5. The van der Waals surface area contributed by atoms with Crippen LogP contribution in [0.3, 0.4) is 0 Å². The van der Waals surface area contributed by atoms with E-state index in [4.69, 9.17) is 15.6 Å². The molecular formula is C12H18N2O3. The number of carbonyl (C=O) groups excluding carboxylic acids is 1. The fourth-order valence-electron chi connectivity index (χ4n) is 1.34. The van der Waals surface area contributed by atoms with Crippen molar-refractivity contribution in [2.24, 2.45) is 5.73 Å². The fraction of sp³-hybridized carbons (Fsp3) is 0.417. The molecule has 0 aliphatic heterocycles. The molecule has 4 N–H and O–H groups in total. The summed E-state index contributed by atoms with van der Waals surface area (Å²) in [5.74, 6) is 0. The number of aliphatic hydroxyl groups excluding tert-OH is 1. The molecule has 0 heterocycles. The molecule has 1 rings (SSSR count). The molecule has 0 unspecified atom stereocenters. The van der Waals surface area contributed by atoms with Crippen LogP contribution in [0, 0.1) is 0 Å². The maximum atomic E-state index is 11.4. The van der Waals surface area contributed by atoms with Crippen LogP contribution < -0.4 is 11.1 Å². The Labute approximate surface area is 101 Å². The lowest BCUT2D eigenvalue weighted by molar-refractivity contribution is 0.128. The van der Waals surface area contributed by atoms with Crippen LogP contribution >= 0.6 is 0 Å². The van der Waals surface area contributed by atoms with Gasteiger partial charge in [0, 0.05) is 0 Å². The molecule has 0 radical (unpaired) electrons. The number of amides is 1. The number of carbonyl (C=O) groups is 1. The summed E-state index contributed by atoms with van der Waals surface area (Å²) in [6, 6.07) is 9.05. The third-order valence-electron chi connectivity index (χ3n) is 2.27. The molecule has 0 saturated heterocycles. The zero-order valence-corrected chi connectivity index (χ0v) is 9.63. The normalized spacial score (nSPS) is 11.9. The number of hydrogen-bond donors (Lipinski definition) is 3. The average Bonchev–Trinajstić information content (AvgIpc) is 2.37. The second kappa shape index (κ2) is 7.65. The standard InChI is InChI=1S/C12H18N2O3/c13-7-6-11(8-15)14-12(16)17-9-10-4-2-1-3-5-10/h1-5,11,15H,6-9,13H2,(H,14,16)/t11-/m0/s1. The van der Waals surface area contributed by atoms with Crippen molar-refractivity contribution in [2.45, 2.75) is 19.1 Å². The zero-order chi connectivity index (χ0) is 12.5. The predicted octanol–water partition coefficient (Wildman–Crippen LogP) is 0.622. The molecule has 94 valence electrons. The van der Waals surface area contributed by atoms with E-state index in [0.29, 0.717) is 13.0 Å². The van der Waals surface area contributed by atoms with E-state index in [1.165, 1.54) is 0 Å². The van der Waals surface area contributed by atoms with E-state index in [2.05, 4.69) is 5.32 Å². The van der Waals surface area contributed by atoms with E-state index in [9.17, 15) is 4.79 Å². The number of alkyl carbamates (subject to hydrolysis) is 1. The van der Waals surface area contributed by atoms with Crippen molar-refractivity contribution in [3.05, 3.63) is 35.9 Å². The van der Waals surface area contributed by atoms with E-state index in [-0.39, 0.29) is 19.3 Å². The number of benzene rings is 1. The molecular weight excluding hydrogens is 220 g/mol. The van der Waals surface area contributed by atoms with Gasteiger partial charge in [-0.3, -0.25) is 0 Å². The highest BCUT2D eigenvalue weighted by atomic mass is 16.5. The maximum absolute atomic E-state index is 11.4. The molecule has 5 nitrogen and oxygen atoms in total. The molecule has 0 bridgehead atoms. The summed E-state index contributed by atoms with van der Waals surface area (Å²) < 4.78 is 5.00. The third kappa shape index (κ3) is 5.33. The van der Waals surface area contributed by atoms with Crippen LogP contribution in [-0.4, -0.2) is 30.4 Å². The monoisotopic (exact) mass is 238 g/mol. The zero-order valence-electron chi connectivity index (χ0n) is 9.63. The Bertz CT molecular complexity index is 330. The highest BCUT2D eigenvalue weighted by molar-refractivity contribution is 5.67. The van der Waals surface area contributed by atoms with E-state index in [1.54, 1.807) is 0 Å². The molecule has 1 aromatic rings. The van der Waals surface area contributed by atoms with Crippen LogP contribution in [0.25, 0.3) is 0 Å². The second-order valence-corrected chi connectivity index (χ2v) is 3.66. The largest absolute Gasteiger partial charge is 0.445 e. The Morgan fingerprint density at radius 3 is 2.71 bits per heavy atom. The smallest absolute Gasteiger partial charge is 0.407 e. The minimum atomic E-state index is -0.540. The number of aliphatic hydroxyl groups is 1. The van der Waals surface area contributed by atoms with E-state index in [1.807, 2.05) is 30.3 Å². The Balaban J connectivity index is 2.30. The van der Waals surface area contributed by atoms with E-state index >= 15 is 0 Å². The Morgan fingerprint density at radius 1 is 1.41 bits per heavy atom. The van der Waals surface area contributed by atoms with Crippen LogP contribution in [0.1, 0.15) is 12.0 Å². The number of hydrogen-bond acceptors (Lipinski definition) is 4. The van der Waals surface area contributed by atoms with Crippen molar-refractivity contribution >= 4 is 6.09 Å². The van der Waals surface area contributed by atoms with Crippen molar-refractivity contribution in [3.63, 3.8) is 0 Å². The van der Waals surface area contributed by atoms with Gasteiger partial charge in [-0.05, 0) is 18.5 Å². The van der Waals surface area contributed by atoms with Crippen LogP contribution in [0.4, 0.5) is 4.79 Å². The first-order chi connectivity index (χ1) is 8.26. The summed E-state index contributed by atoms with van der Waals surface area (Å²) >= 11 is 0. The fourth-order valence-corrected chi connectivity index (χ4v) is 1.34. The van der Waals surface area contributed by atoms with Gasteiger partial charge >= 0.3 is 6.09 Å². The second-order valence-electron chi connectivity index (χ2n) is 3.66. The van der Waals surface area contributed by atoms with Crippen molar-refractivity contribution in [3.8, 4) is 0 Å². The number of rotatable bonds is 6. The van der Waals surface area contributed by atoms with Crippen molar-refractivity contribution in [2.75, 3.05) is 13.2 Å². The highest BCUT2D eigenvalue weighted by Crippen LogP contribution is 2.01. The SMILES string of the molecule is NCC[C@@H](CO)NC(=O)OCc1ccccc1. The van der Waals surface area contributed by atoms with Crippen molar-refractivity contribution < 1.29 is 14.6 Å². The molecule has 0 saturated carbocycles. The molecule has 0 aliphatic carbocycles. The number of ether oxygens (including phenoxy) is 1. The number of nitrogens with two attached hydrogens (primary N) is 1. The van der Waals surface area contributed by atoms with Gasteiger partial charge in [0.15, 0.2) is 0 Å². The van der Waals surface area contributed by atoms with E-state index < -0.39 is 6.09 Å². The minimum Gasteiger partial charge on any atom is -0.445 e. The molecule has 1 amide bonds. The number of nitrogens with one attached hydrogen (secondary N) is 1. The lowest BCUT2D eigenvalue weighted by Crippen LogP contribution is -2.39. The van der Waals surface area contributed by atoms with Gasteiger partial charge in [-0.2, -0.15) is 0 Å². The quantitative estimate of drug-likeness (QED) is 0.678. The summed E-state index contributed by atoms with van der Waals surface area (Å²) in [6.45, 7) is 0.481. The van der Waals surface area contributed by atoms with Crippen LogP contribution in [-0.2, 0) is 11.3 Å². The summed E-state index contributed by atoms with van der Waals surface area (Å²) in [5, 5.41) is 11.5. The molecule has 1 atom stereocenters. The summed E-state index contributed by atoms with van der Waals surface area (Å²) in [4.78, 5) is 11.4. The highest BCUT2D eigenvalue weighted by Gasteiger charge is 2.11. The Kier molecular flexibility index (Phi) is 6.06. The topological polar surface area (TPSA) is 84.6 Å². The van der Waals surface area contributed by atoms with Crippen LogP contribution in [0.15, 0.2) is 30.3 Å². The van der Waals surface area contributed by atoms with Gasteiger partial charge in [-0.25, -0.2) is 4.79 Å². The molecule has 0 aliphatic rings. The first-order valence-electron chi connectivity index (χ1n) is 5.54. The Hall–Kier alpha value is -1.59. The van der Waals surface area contributed by atoms with Crippen LogP contribution in [0.2, 0.25) is 0 Å².